The maximum Gasteiger partial charge on any atom is 0.227 e. The molecule has 3 aliphatic rings. The summed E-state index contributed by atoms with van der Waals surface area (Å²) in [6, 6.07) is 3.70. The highest BCUT2D eigenvalue weighted by molar-refractivity contribution is 7.99. The van der Waals surface area contributed by atoms with E-state index in [0.29, 0.717) is 42.1 Å². The molecule has 220 valence electrons. The van der Waals surface area contributed by atoms with Gasteiger partial charge in [-0.15, -0.1) is 12.4 Å². The molecule has 3 aromatic rings. The first-order valence-corrected chi connectivity index (χ1v) is 14.7. The number of piperidine rings is 1. The topological polar surface area (TPSA) is 138 Å². The average Bonchev–Trinajstić information content (AvgIpc) is 3.46. The van der Waals surface area contributed by atoms with Crippen LogP contribution in [0.25, 0.3) is 0 Å². The van der Waals surface area contributed by atoms with E-state index in [1.165, 1.54) is 11.8 Å². The number of nitrogens with two attached hydrogens (primary N) is 1. The molecule has 1 spiro atoms. The highest BCUT2D eigenvalue weighted by atomic mass is 35.5. The fraction of sp³-hybridized carbons (Fsp3) is 0.519. The molecule has 11 nitrogen and oxygen atoms in total. The number of aromatic nitrogens is 5. The van der Waals surface area contributed by atoms with Gasteiger partial charge in [-0.2, -0.15) is 4.98 Å². The van der Waals surface area contributed by atoms with E-state index < -0.39 is 5.60 Å². The van der Waals surface area contributed by atoms with Gasteiger partial charge in [-0.25, -0.2) is 19.9 Å². The molecule has 3 saturated heterocycles. The van der Waals surface area contributed by atoms with Gasteiger partial charge < -0.3 is 30.7 Å². The van der Waals surface area contributed by atoms with Crippen LogP contribution in [0, 0.1) is 5.41 Å². The number of hydrogen-bond donors (Lipinski definition) is 3. The lowest BCUT2D eigenvalue weighted by atomic mass is 9.73. The standard InChI is InChI=1S/C27H34ClN9O2S.ClH/c1-17-23(29)27(16-39-17)6-11-36(12-7-27)20-13-33-21(14-32-20)40-18-3-8-30-24(22(18)28)34-19-4-9-31-25(35-19)37-10-5-26(2,38)15-37;/h3-4,8-9,13-14,17,23,38H,5-7,10-12,15-16,29H2,1-2H3,(H,30,31,34,35);1H/t17-,23+,26+;/m0./s1. The predicted molar refractivity (Wildman–Crippen MR) is 163 cm³/mol. The Morgan fingerprint density at radius 2 is 1.83 bits per heavy atom. The molecule has 0 saturated carbocycles. The van der Waals surface area contributed by atoms with E-state index in [9.17, 15) is 5.11 Å². The third-order valence-electron chi connectivity index (χ3n) is 8.24. The van der Waals surface area contributed by atoms with Gasteiger partial charge in [-0.3, -0.25) is 0 Å². The van der Waals surface area contributed by atoms with Crippen LogP contribution in [-0.4, -0.2) is 80.6 Å². The highest BCUT2D eigenvalue weighted by Gasteiger charge is 2.47. The normalized spacial score (nSPS) is 25.4. The van der Waals surface area contributed by atoms with E-state index >= 15 is 0 Å². The number of β-amino-alcohol motifs (C(OH)–C–C–N with tert-alkyl or cyclic N) is 1. The average molecular weight is 621 g/mol. The van der Waals surface area contributed by atoms with Crippen molar-refractivity contribution in [2.75, 3.05) is 47.9 Å². The van der Waals surface area contributed by atoms with Crippen LogP contribution >= 0.6 is 35.8 Å². The Kier molecular flexibility index (Phi) is 8.79. The predicted octanol–water partition coefficient (Wildman–Crippen LogP) is 3.93. The maximum atomic E-state index is 10.3. The summed E-state index contributed by atoms with van der Waals surface area (Å²) in [5, 5.41) is 14.7. The zero-order valence-electron chi connectivity index (χ0n) is 23.0. The summed E-state index contributed by atoms with van der Waals surface area (Å²) in [4.78, 5) is 27.8. The fourth-order valence-corrected chi connectivity index (χ4v) is 6.72. The lowest BCUT2D eigenvalue weighted by molar-refractivity contribution is 0.0838. The number of pyridine rings is 1. The number of rotatable bonds is 6. The first-order valence-electron chi connectivity index (χ1n) is 13.6. The number of nitrogens with zero attached hydrogens (tertiary/aromatic N) is 7. The van der Waals surface area contributed by atoms with Crippen LogP contribution in [0.15, 0.2) is 46.8 Å². The summed E-state index contributed by atoms with van der Waals surface area (Å²) in [7, 11) is 0. The van der Waals surface area contributed by atoms with Gasteiger partial charge in [0.25, 0.3) is 0 Å². The Labute approximate surface area is 255 Å². The second-order valence-electron chi connectivity index (χ2n) is 11.2. The highest BCUT2D eigenvalue weighted by Crippen LogP contribution is 2.42. The first kappa shape index (κ1) is 30.0. The number of halogens is 2. The number of ether oxygens (including phenoxy) is 1. The van der Waals surface area contributed by atoms with Crippen molar-refractivity contribution in [2.45, 2.75) is 60.8 Å². The van der Waals surface area contributed by atoms with E-state index in [4.69, 9.17) is 27.1 Å². The van der Waals surface area contributed by atoms with E-state index in [1.54, 1.807) is 24.7 Å². The maximum absolute atomic E-state index is 10.3. The third-order valence-corrected chi connectivity index (χ3v) is 9.71. The minimum atomic E-state index is -0.737. The van der Waals surface area contributed by atoms with Crippen molar-refractivity contribution in [1.82, 2.24) is 24.9 Å². The molecule has 3 aromatic heterocycles. The molecule has 6 rings (SSSR count). The Hall–Kier alpha value is -2.48. The third kappa shape index (κ3) is 6.32. The van der Waals surface area contributed by atoms with Crippen LogP contribution in [0.2, 0.25) is 5.02 Å². The van der Waals surface area contributed by atoms with Crippen molar-refractivity contribution in [2.24, 2.45) is 11.1 Å². The van der Waals surface area contributed by atoms with E-state index in [-0.39, 0.29) is 30.0 Å². The van der Waals surface area contributed by atoms with Crippen LogP contribution in [0.5, 0.6) is 0 Å². The molecule has 0 aromatic carbocycles. The Morgan fingerprint density at radius 1 is 1.07 bits per heavy atom. The van der Waals surface area contributed by atoms with Gasteiger partial charge in [0.15, 0.2) is 5.82 Å². The monoisotopic (exact) mass is 619 g/mol. The quantitative estimate of drug-likeness (QED) is 0.368. The van der Waals surface area contributed by atoms with Crippen molar-refractivity contribution in [1.29, 1.82) is 0 Å². The molecule has 0 radical (unpaired) electrons. The molecule has 0 bridgehead atoms. The molecule has 41 heavy (non-hydrogen) atoms. The van der Waals surface area contributed by atoms with Crippen molar-refractivity contribution < 1.29 is 9.84 Å². The van der Waals surface area contributed by atoms with Crippen LogP contribution in [-0.2, 0) is 4.74 Å². The van der Waals surface area contributed by atoms with E-state index in [1.807, 2.05) is 24.1 Å². The molecule has 0 amide bonds. The van der Waals surface area contributed by atoms with Crippen molar-refractivity contribution in [3.8, 4) is 0 Å². The van der Waals surface area contributed by atoms with Crippen LogP contribution in [0.1, 0.15) is 33.1 Å². The summed E-state index contributed by atoms with van der Waals surface area (Å²) in [5.74, 6) is 2.47. The Bertz CT molecular complexity index is 1360. The molecule has 0 aliphatic carbocycles. The minimum absolute atomic E-state index is 0. The largest absolute Gasteiger partial charge is 0.388 e. The van der Waals surface area contributed by atoms with Crippen LogP contribution < -0.4 is 20.9 Å². The summed E-state index contributed by atoms with van der Waals surface area (Å²) >= 11 is 8.17. The molecule has 3 atom stereocenters. The molecule has 6 heterocycles. The minimum Gasteiger partial charge on any atom is -0.388 e. The lowest BCUT2D eigenvalue weighted by Crippen LogP contribution is -2.50. The van der Waals surface area contributed by atoms with Gasteiger partial charge >= 0.3 is 0 Å². The van der Waals surface area contributed by atoms with Crippen molar-refractivity contribution in [3.05, 3.63) is 41.9 Å². The Balaban J connectivity index is 0.00000337. The zero-order valence-corrected chi connectivity index (χ0v) is 25.4. The smallest absolute Gasteiger partial charge is 0.227 e. The molecular weight excluding hydrogens is 585 g/mol. The Morgan fingerprint density at radius 3 is 2.49 bits per heavy atom. The molecule has 4 N–H and O–H groups in total. The fourth-order valence-electron chi connectivity index (χ4n) is 5.69. The molecule has 3 fully saturated rings. The first-order chi connectivity index (χ1) is 19.2. The lowest BCUT2D eigenvalue weighted by Gasteiger charge is -2.41. The second-order valence-corrected chi connectivity index (χ2v) is 12.7. The van der Waals surface area contributed by atoms with Crippen molar-refractivity contribution >= 4 is 59.2 Å². The van der Waals surface area contributed by atoms with Crippen molar-refractivity contribution in [3.63, 3.8) is 0 Å². The van der Waals surface area contributed by atoms with Crippen LogP contribution in [0.3, 0.4) is 0 Å². The summed E-state index contributed by atoms with van der Waals surface area (Å²) in [6.45, 7) is 7.59. The molecular formula is C27H35Cl2N9O2S. The van der Waals surface area contributed by atoms with Gasteiger partial charge in [0.1, 0.15) is 16.7 Å². The zero-order chi connectivity index (χ0) is 27.9. The number of hydrogen-bond acceptors (Lipinski definition) is 12. The number of aliphatic hydroxyl groups is 1. The molecule has 0 unspecified atom stereocenters. The van der Waals surface area contributed by atoms with E-state index in [0.717, 1.165) is 48.3 Å². The van der Waals surface area contributed by atoms with Gasteiger partial charge in [0.2, 0.25) is 5.95 Å². The van der Waals surface area contributed by atoms with Gasteiger partial charge in [-0.1, -0.05) is 23.4 Å². The molecule has 14 heteroatoms. The van der Waals surface area contributed by atoms with Gasteiger partial charge in [-0.05, 0) is 45.2 Å². The summed E-state index contributed by atoms with van der Waals surface area (Å²) in [6.07, 6.45) is 9.75. The van der Waals surface area contributed by atoms with Crippen LogP contribution in [0.4, 0.5) is 23.4 Å². The number of anilines is 4. The van der Waals surface area contributed by atoms with E-state index in [2.05, 4.69) is 37.1 Å². The number of nitrogens with one attached hydrogen (secondary N) is 1. The van der Waals surface area contributed by atoms with Gasteiger partial charge in [0, 0.05) is 54.9 Å². The molecule has 3 aliphatic heterocycles. The summed E-state index contributed by atoms with van der Waals surface area (Å²) in [5.41, 5.74) is 5.80. The SMILES string of the molecule is C[C@@H]1OCC2(CCN(c3cnc(Sc4ccnc(Nc5ccnc(N6CC[C@@](C)(O)C6)n5)c4Cl)cn3)CC2)[C@@H]1N.Cl. The second kappa shape index (κ2) is 12.0. The van der Waals surface area contributed by atoms with Gasteiger partial charge in [0.05, 0.1) is 35.7 Å². The summed E-state index contributed by atoms with van der Waals surface area (Å²) < 4.78 is 5.85.